The largest absolute Gasteiger partial charge is 0.465 e. The van der Waals surface area contributed by atoms with E-state index in [-0.39, 0.29) is 16.9 Å². The van der Waals surface area contributed by atoms with E-state index in [9.17, 15) is 14.0 Å². The van der Waals surface area contributed by atoms with Gasteiger partial charge < -0.3 is 9.64 Å². The third-order valence-electron chi connectivity index (χ3n) is 5.17. The molecule has 6 nitrogen and oxygen atoms in total. The Kier molecular flexibility index (Phi) is 5.30. The molecular weight excluding hydrogens is 409 g/mol. The molecule has 30 heavy (non-hydrogen) atoms. The zero-order valence-electron chi connectivity index (χ0n) is 16.5. The number of methoxy groups -OCH3 is 1. The van der Waals surface area contributed by atoms with Crippen LogP contribution in [-0.2, 0) is 17.7 Å². The Bertz CT molecular complexity index is 1140. The second kappa shape index (κ2) is 7.91. The van der Waals surface area contributed by atoms with Gasteiger partial charge in [0, 0.05) is 12.2 Å². The van der Waals surface area contributed by atoms with E-state index in [1.165, 1.54) is 23.9 Å². The van der Waals surface area contributed by atoms with Crippen LogP contribution < -0.4 is 4.90 Å². The van der Waals surface area contributed by atoms with Crippen molar-refractivity contribution < 1.29 is 18.7 Å². The summed E-state index contributed by atoms with van der Waals surface area (Å²) in [6.07, 6.45) is 0.631. The van der Waals surface area contributed by atoms with Gasteiger partial charge in [0.15, 0.2) is 0 Å². The highest BCUT2D eigenvalue weighted by Gasteiger charge is 2.31. The van der Waals surface area contributed by atoms with Crippen molar-refractivity contribution in [3.05, 3.63) is 81.4 Å². The molecule has 154 valence electrons. The predicted octanol–water partition coefficient (Wildman–Crippen LogP) is 4.02. The lowest BCUT2D eigenvalue weighted by Gasteiger charge is -2.17. The van der Waals surface area contributed by atoms with Crippen LogP contribution in [0.3, 0.4) is 0 Å². The zero-order chi connectivity index (χ0) is 21.4. The molecule has 8 heteroatoms. The van der Waals surface area contributed by atoms with Crippen molar-refractivity contribution in [2.75, 3.05) is 18.6 Å². The van der Waals surface area contributed by atoms with Gasteiger partial charge in [-0.25, -0.2) is 13.9 Å². The van der Waals surface area contributed by atoms with E-state index >= 15 is 0 Å². The third kappa shape index (κ3) is 3.57. The van der Waals surface area contributed by atoms with Gasteiger partial charge >= 0.3 is 5.97 Å². The van der Waals surface area contributed by atoms with Gasteiger partial charge in [-0.3, -0.25) is 4.79 Å². The molecule has 0 N–H and O–H groups in total. The summed E-state index contributed by atoms with van der Waals surface area (Å²) in [5.41, 5.74) is 3.78. The van der Waals surface area contributed by atoms with Crippen LogP contribution in [0, 0.1) is 12.7 Å². The molecule has 0 aliphatic carbocycles. The van der Waals surface area contributed by atoms with E-state index in [0.29, 0.717) is 36.3 Å². The first kappa shape index (κ1) is 20.1. The molecule has 0 unspecified atom stereocenters. The van der Waals surface area contributed by atoms with Gasteiger partial charge in [-0.2, -0.15) is 5.10 Å². The molecule has 0 radical (unpaired) electrons. The van der Waals surface area contributed by atoms with Gasteiger partial charge in [0.25, 0.3) is 5.91 Å². The van der Waals surface area contributed by atoms with Gasteiger partial charge in [-0.15, -0.1) is 0 Å². The minimum absolute atomic E-state index is 0.237. The number of halogens is 2. The summed E-state index contributed by atoms with van der Waals surface area (Å²) in [4.78, 5) is 26.7. The summed E-state index contributed by atoms with van der Waals surface area (Å²) in [7, 11) is 1.33. The number of hydrogen-bond acceptors (Lipinski definition) is 4. The lowest BCUT2D eigenvalue weighted by molar-refractivity contribution is 0.0600. The lowest BCUT2D eigenvalue weighted by atomic mass is 10.1. The van der Waals surface area contributed by atoms with Crippen LogP contribution in [0.15, 0.2) is 42.5 Å². The highest BCUT2D eigenvalue weighted by molar-refractivity contribution is 6.34. The molecule has 1 aliphatic heterocycles. The standard InChI is InChI=1S/C22H19ClFN3O3/c1-13-19(20(23)27(25-13)12-14-3-6-17(24)7-4-14)21(28)26-10-9-15-11-16(22(29)30-2)5-8-18(15)26/h3-8,11H,9-10,12H2,1-2H3. The average molecular weight is 428 g/mol. The average Bonchev–Trinajstić information content (AvgIpc) is 3.28. The van der Waals surface area contributed by atoms with E-state index in [2.05, 4.69) is 5.10 Å². The Hall–Kier alpha value is -3.19. The maximum atomic E-state index is 13.3. The number of nitrogens with zero attached hydrogens (tertiary/aromatic N) is 3. The van der Waals surface area contributed by atoms with Crippen LogP contribution in [-0.4, -0.2) is 35.3 Å². The van der Waals surface area contributed by atoms with Crippen LogP contribution in [0.1, 0.15) is 37.5 Å². The Morgan fingerprint density at radius 3 is 2.63 bits per heavy atom. The predicted molar refractivity (Wildman–Crippen MR) is 111 cm³/mol. The molecule has 2 heterocycles. The van der Waals surface area contributed by atoms with Crippen LogP contribution in [0.2, 0.25) is 5.15 Å². The monoisotopic (exact) mass is 427 g/mol. The number of hydrogen-bond donors (Lipinski definition) is 0. The molecule has 1 aliphatic rings. The normalized spacial score (nSPS) is 12.7. The van der Waals surface area contributed by atoms with E-state index in [1.54, 1.807) is 42.2 Å². The van der Waals surface area contributed by atoms with Crippen molar-refractivity contribution in [3.8, 4) is 0 Å². The zero-order valence-corrected chi connectivity index (χ0v) is 17.2. The SMILES string of the molecule is COC(=O)c1ccc2c(c1)CCN2C(=O)c1c(C)nn(Cc2ccc(F)cc2)c1Cl. The molecule has 1 amide bonds. The van der Waals surface area contributed by atoms with Crippen molar-refractivity contribution in [3.63, 3.8) is 0 Å². The van der Waals surface area contributed by atoms with Crippen molar-refractivity contribution in [2.24, 2.45) is 0 Å². The first-order chi connectivity index (χ1) is 14.4. The summed E-state index contributed by atoms with van der Waals surface area (Å²) in [5.74, 6) is -0.976. The fraction of sp³-hybridized carbons (Fsp3) is 0.227. The fourth-order valence-corrected chi connectivity index (χ4v) is 3.97. The minimum Gasteiger partial charge on any atom is -0.465 e. The van der Waals surface area contributed by atoms with Crippen LogP contribution in [0.25, 0.3) is 0 Å². The minimum atomic E-state index is -0.413. The first-order valence-electron chi connectivity index (χ1n) is 9.39. The van der Waals surface area contributed by atoms with Gasteiger partial charge in [-0.1, -0.05) is 23.7 Å². The number of carbonyl (C=O) groups is 2. The number of aromatic nitrogens is 2. The quantitative estimate of drug-likeness (QED) is 0.590. The summed E-state index contributed by atoms with van der Waals surface area (Å²) in [5, 5.41) is 4.64. The fourth-order valence-electron chi connectivity index (χ4n) is 3.66. The molecule has 0 fully saturated rings. The number of rotatable bonds is 4. The number of aryl methyl sites for hydroxylation is 1. The van der Waals surface area contributed by atoms with Gasteiger partial charge in [-0.05, 0) is 54.8 Å². The Morgan fingerprint density at radius 1 is 1.20 bits per heavy atom. The second-order valence-electron chi connectivity index (χ2n) is 7.08. The first-order valence-corrected chi connectivity index (χ1v) is 9.77. The number of amides is 1. The molecule has 1 aromatic heterocycles. The number of carbonyl (C=O) groups excluding carboxylic acids is 2. The van der Waals surface area contributed by atoms with Gasteiger partial charge in [0.2, 0.25) is 0 Å². The number of anilines is 1. The molecule has 0 saturated carbocycles. The van der Waals surface area contributed by atoms with Crippen molar-refractivity contribution in [1.82, 2.24) is 9.78 Å². The van der Waals surface area contributed by atoms with Gasteiger partial charge in [0.1, 0.15) is 11.0 Å². The maximum absolute atomic E-state index is 13.3. The molecule has 0 spiro atoms. The molecule has 2 aromatic carbocycles. The van der Waals surface area contributed by atoms with Crippen molar-refractivity contribution >= 4 is 29.2 Å². The molecule has 0 saturated heterocycles. The molecule has 0 atom stereocenters. The summed E-state index contributed by atoms with van der Waals surface area (Å²) in [6.45, 7) is 2.54. The Balaban J connectivity index is 1.61. The number of esters is 1. The number of benzene rings is 2. The Labute approximate surface area is 177 Å². The van der Waals surface area contributed by atoms with E-state index in [0.717, 1.165) is 16.8 Å². The molecular formula is C22H19ClFN3O3. The van der Waals surface area contributed by atoms with Crippen LogP contribution in [0.5, 0.6) is 0 Å². The maximum Gasteiger partial charge on any atom is 0.337 e. The van der Waals surface area contributed by atoms with Crippen molar-refractivity contribution in [2.45, 2.75) is 19.9 Å². The van der Waals surface area contributed by atoms with Gasteiger partial charge in [0.05, 0.1) is 30.5 Å². The smallest absolute Gasteiger partial charge is 0.337 e. The summed E-state index contributed by atoms with van der Waals surface area (Å²) in [6, 6.07) is 11.2. The van der Waals surface area contributed by atoms with E-state index in [1.807, 2.05) is 0 Å². The van der Waals surface area contributed by atoms with E-state index in [4.69, 9.17) is 16.3 Å². The van der Waals surface area contributed by atoms with E-state index < -0.39 is 5.97 Å². The third-order valence-corrected chi connectivity index (χ3v) is 5.55. The highest BCUT2D eigenvalue weighted by Crippen LogP contribution is 2.32. The molecule has 3 aromatic rings. The summed E-state index contributed by atoms with van der Waals surface area (Å²) < 4.78 is 19.4. The lowest BCUT2D eigenvalue weighted by Crippen LogP contribution is -2.29. The second-order valence-corrected chi connectivity index (χ2v) is 7.44. The van der Waals surface area contributed by atoms with Crippen LogP contribution >= 0.6 is 11.6 Å². The summed E-state index contributed by atoms with van der Waals surface area (Å²) >= 11 is 6.51. The van der Waals surface area contributed by atoms with Crippen LogP contribution in [0.4, 0.5) is 10.1 Å². The molecule has 4 rings (SSSR count). The Morgan fingerprint density at radius 2 is 1.93 bits per heavy atom. The highest BCUT2D eigenvalue weighted by atomic mass is 35.5. The topological polar surface area (TPSA) is 64.4 Å². The number of fused-ring (bicyclic) bond motifs is 1. The van der Waals surface area contributed by atoms with Crippen molar-refractivity contribution in [1.29, 1.82) is 0 Å². The number of ether oxygens (including phenoxy) is 1. The molecule has 0 bridgehead atoms.